The Labute approximate surface area is 95.7 Å². The Balaban J connectivity index is 2.55. The second-order valence-corrected chi connectivity index (χ2v) is 3.82. The van der Waals surface area contributed by atoms with E-state index < -0.39 is 0 Å². The van der Waals surface area contributed by atoms with Crippen LogP contribution in [0.5, 0.6) is 0 Å². The molecule has 1 aromatic rings. The largest absolute Gasteiger partial charge is 0.407 e. The Hall–Kier alpha value is -1.14. The number of nitrogens with zero attached hydrogens (tertiary/aromatic N) is 3. The van der Waals surface area contributed by atoms with Crippen LogP contribution in [0.1, 0.15) is 26.7 Å². The molecule has 0 fully saturated rings. The van der Waals surface area contributed by atoms with Crippen LogP contribution in [0.2, 0.25) is 0 Å². The first-order chi connectivity index (χ1) is 7.67. The summed E-state index contributed by atoms with van der Waals surface area (Å²) in [6.07, 6.45) is 0. The molecule has 2 N–H and O–H groups in total. The van der Waals surface area contributed by atoms with Crippen molar-refractivity contribution in [2.75, 3.05) is 24.6 Å². The zero-order chi connectivity index (χ0) is 12.0. The van der Waals surface area contributed by atoms with Gasteiger partial charge in [0, 0.05) is 19.1 Å². The predicted octanol–water partition coefficient (Wildman–Crippen LogP) is 0.386. The lowest BCUT2D eigenvalue weighted by Gasteiger charge is -2.15. The zero-order valence-electron chi connectivity index (χ0n) is 10.1. The van der Waals surface area contributed by atoms with Crippen molar-refractivity contribution in [2.45, 2.75) is 33.4 Å². The summed E-state index contributed by atoms with van der Waals surface area (Å²) in [6, 6.07) is 0.854. The minimum atomic E-state index is 0.0792. The Morgan fingerprint density at radius 3 is 2.75 bits per heavy atom. The van der Waals surface area contributed by atoms with Crippen molar-refractivity contribution in [2.24, 2.45) is 0 Å². The van der Waals surface area contributed by atoms with E-state index >= 15 is 0 Å². The monoisotopic (exact) mass is 228 g/mol. The molecular formula is C10H20N4O2. The average molecular weight is 228 g/mol. The Bertz CT molecular complexity index is 301. The highest BCUT2D eigenvalue weighted by Crippen LogP contribution is 2.11. The van der Waals surface area contributed by atoms with Crippen LogP contribution in [-0.2, 0) is 6.54 Å². The highest BCUT2D eigenvalue weighted by molar-refractivity contribution is 5.23. The third-order valence-electron chi connectivity index (χ3n) is 2.14. The first-order valence-electron chi connectivity index (χ1n) is 5.59. The maximum absolute atomic E-state index is 8.87. The maximum Gasteiger partial charge on any atom is 0.318 e. The van der Waals surface area contributed by atoms with Gasteiger partial charge in [0.15, 0.2) is 0 Å². The molecule has 6 nitrogen and oxygen atoms in total. The number of aromatic nitrogens is 2. The number of likely N-dealkylation sites (N-methyl/N-ethyl adjacent to an activating group) is 1. The quantitative estimate of drug-likeness (QED) is 0.703. The van der Waals surface area contributed by atoms with E-state index in [9.17, 15) is 0 Å². The fraction of sp³-hybridized carbons (Fsp3) is 0.800. The summed E-state index contributed by atoms with van der Waals surface area (Å²) in [7, 11) is 0. The summed E-state index contributed by atoms with van der Waals surface area (Å²) >= 11 is 0. The Morgan fingerprint density at radius 1 is 1.44 bits per heavy atom. The summed E-state index contributed by atoms with van der Waals surface area (Å²) in [5.74, 6) is 0.570. The minimum absolute atomic E-state index is 0.0792. The predicted molar refractivity (Wildman–Crippen MR) is 61.2 cm³/mol. The number of aliphatic hydroxyl groups is 1. The number of aliphatic hydroxyl groups excluding tert-OH is 1. The van der Waals surface area contributed by atoms with E-state index in [1.165, 1.54) is 0 Å². The van der Waals surface area contributed by atoms with E-state index in [4.69, 9.17) is 9.52 Å². The SMILES string of the molecule is CCN(CCO)c1nnc(CNC(C)C)o1. The molecule has 1 aromatic heterocycles. The van der Waals surface area contributed by atoms with E-state index in [2.05, 4.69) is 29.4 Å². The fourth-order valence-electron chi connectivity index (χ4n) is 1.25. The lowest BCUT2D eigenvalue weighted by molar-refractivity contribution is 0.298. The molecule has 0 saturated heterocycles. The van der Waals surface area contributed by atoms with Crippen LogP contribution in [0.25, 0.3) is 0 Å². The molecular weight excluding hydrogens is 208 g/mol. The molecule has 0 bridgehead atoms. The summed E-state index contributed by atoms with van der Waals surface area (Å²) in [6.45, 7) is 7.99. The van der Waals surface area contributed by atoms with Crippen LogP contribution in [0.15, 0.2) is 4.42 Å². The van der Waals surface area contributed by atoms with Crippen LogP contribution in [-0.4, -0.2) is 41.0 Å². The van der Waals surface area contributed by atoms with Gasteiger partial charge in [0.2, 0.25) is 5.89 Å². The fourth-order valence-corrected chi connectivity index (χ4v) is 1.25. The van der Waals surface area contributed by atoms with Crippen LogP contribution in [0, 0.1) is 0 Å². The second-order valence-electron chi connectivity index (χ2n) is 3.82. The molecule has 6 heteroatoms. The lowest BCUT2D eigenvalue weighted by atomic mass is 10.4. The highest BCUT2D eigenvalue weighted by Gasteiger charge is 2.12. The van der Waals surface area contributed by atoms with Gasteiger partial charge in [-0.25, -0.2) is 0 Å². The molecule has 92 valence electrons. The van der Waals surface area contributed by atoms with Crippen LogP contribution in [0.3, 0.4) is 0 Å². The molecule has 1 rings (SSSR count). The molecule has 0 aliphatic carbocycles. The average Bonchev–Trinajstić information content (AvgIpc) is 2.71. The van der Waals surface area contributed by atoms with Crippen molar-refractivity contribution in [3.63, 3.8) is 0 Å². The van der Waals surface area contributed by atoms with Gasteiger partial charge < -0.3 is 19.7 Å². The van der Waals surface area contributed by atoms with Crippen molar-refractivity contribution in [1.82, 2.24) is 15.5 Å². The van der Waals surface area contributed by atoms with E-state index in [1.807, 2.05) is 11.8 Å². The number of nitrogens with one attached hydrogen (secondary N) is 1. The summed E-state index contributed by atoms with van der Waals surface area (Å²) in [4.78, 5) is 1.84. The van der Waals surface area contributed by atoms with E-state index in [0.29, 0.717) is 31.0 Å². The van der Waals surface area contributed by atoms with Gasteiger partial charge in [-0.2, -0.15) is 0 Å². The molecule has 16 heavy (non-hydrogen) atoms. The summed E-state index contributed by atoms with van der Waals surface area (Å²) < 4.78 is 5.47. The van der Waals surface area contributed by atoms with Crippen molar-refractivity contribution < 1.29 is 9.52 Å². The van der Waals surface area contributed by atoms with Gasteiger partial charge in [-0.05, 0) is 6.92 Å². The number of anilines is 1. The molecule has 0 aliphatic heterocycles. The summed E-state index contributed by atoms with van der Waals surface area (Å²) in [5.41, 5.74) is 0. The first kappa shape index (κ1) is 12.9. The molecule has 0 aromatic carbocycles. The van der Waals surface area contributed by atoms with Crippen molar-refractivity contribution in [3.05, 3.63) is 5.89 Å². The highest BCUT2D eigenvalue weighted by atomic mass is 16.4. The molecule has 0 radical (unpaired) electrons. The molecule has 0 spiro atoms. The van der Waals surface area contributed by atoms with Crippen LogP contribution in [0.4, 0.5) is 6.01 Å². The molecule has 0 saturated carbocycles. The van der Waals surface area contributed by atoms with Crippen LogP contribution < -0.4 is 10.2 Å². The standard InChI is InChI=1S/C10H20N4O2/c1-4-14(5-6-15)10-13-12-9(16-10)7-11-8(2)3/h8,11,15H,4-7H2,1-3H3. The number of hydrogen-bond acceptors (Lipinski definition) is 6. The number of rotatable bonds is 7. The van der Waals surface area contributed by atoms with Gasteiger partial charge in [-0.3, -0.25) is 0 Å². The molecule has 0 aliphatic rings. The molecule has 0 amide bonds. The Kier molecular flexibility index (Phi) is 5.21. The molecule has 0 unspecified atom stereocenters. The van der Waals surface area contributed by atoms with Gasteiger partial charge in [0.05, 0.1) is 13.2 Å². The van der Waals surface area contributed by atoms with E-state index in [-0.39, 0.29) is 6.61 Å². The zero-order valence-corrected chi connectivity index (χ0v) is 10.1. The smallest absolute Gasteiger partial charge is 0.318 e. The number of hydrogen-bond donors (Lipinski definition) is 2. The van der Waals surface area contributed by atoms with Gasteiger partial charge in [0.25, 0.3) is 0 Å². The topological polar surface area (TPSA) is 74.4 Å². The molecule has 1 heterocycles. The van der Waals surface area contributed by atoms with Gasteiger partial charge >= 0.3 is 6.01 Å². The van der Waals surface area contributed by atoms with Crippen molar-refractivity contribution >= 4 is 6.01 Å². The van der Waals surface area contributed by atoms with Gasteiger partial charge in [0.1, 0.15) is 0 Å². The maximum atomic E-state index is 8.87. The normalized spacial score (nSPS) is 11.1. The molecule has 0 atom stereocenters. The van der Waals surface area contributed by atoms with Gasteiger partial charge in [-0.1, -0.05) is 18.9 Å². The van der Waals surface area contributed by atoms with Gasteiger partial charge in [-0.15, -0.1) is 5.10 Å². The minimum Gasteiger partial charge on any atom is -0.407 e. The van der Waals surface area contributed by atoms with Crippen molar-refractivity contribution in [1.29, 1.82) is 0 Å². The third kappa shape index (κ3) is 3.79. The van der Waals surface area contributed by atoms with Crippen molar-refractivity contribution in [3.8, 4) is 0 Å². The lowest BCUT2D eigenvalue weighted by Crippen LogP contribution is -2.26. The first-order valence-corrected chi connectivity index (χ1v) is 5.59. The van der Waals surface area contributed by atoms with E-state index in [1.54, 1.807) is 0 Å². The van der Waals surface area contributed by atoms with E-state index in [0.717, 1.165) is 6.54 Å². The summed E-state index contributed by atoms with van der Waals surface area (Å²) in [5, 5.41) is 19.9. The second kappa shape index (κ2) is 6.44. The Morgan fingerprint density at radius 2 is 2.19 bits per heavy atom. The van der Waals surface area contributed by atoms with Crippen LogP contribution >= 0.6 is 0 Å². The third-order valence-corrected chi connectivity index (χ3v) is 2.14.